The largest absolute Gasteiger partial charge is 0.489 e. The summed E-state index contributed by atoms with van der Waals surface area (Å²) in [6, 6.07) is 34.7. The highest BCUT2D eigenvalue weighted by atomic mass is 19.4. The number of alkyl carbamates (subject to hydrolysis) is 1. The maximum Gasteiger partial charge on any atom is 0.419 e. The summed E-state index contributed by atoms with van der Waals surface area (Å²) in [5.74, 6) is -0.771. The van der Waals surface area contributed by atoms with Crippen LogP contribution < -0.4 is 34.1 Å². The SMILES string of the molecule is CC(C)(C)OC(=O)C[C@@H](NC(=O)OC(C)(C)C)C(=O)N1CCc2cc(OCc3ccc(OCc4ccccc4)c(C(F)(F)F)c3)ccc21.CC(C)(C)OC(=O)N1CCc2cc(OCc3ccc(OCc4ccccc4)c(C(F)(F)F)c3)ccc21. The van der Waals surface area contributed by atoms with E-state index in [9.17, 15) is 45.5 Å². The highest BCUT2D eigenvalue weighted by molar-refractivity contribution is 6.02. The molecule has 2 aliphatic rings. The number of halogens is 6. The monoisotopic (exact) mass is 1170 g/mol. The fraction of sp³-hybridized carbons (Fsp3) is 0.375. The molecular weight excluding hydrogens is 1100 g/mol. The van der Waals surface area contributed by atoms with Crippen LogP contribution in [0.2, 0.25) is 0 Å². The molecule has 0 spiro atoms. The van der Waals surface area contributed by atoms with Crippen molar-refractivity contribution in [1.29, 1.82) is 0 Å². The fourth-order valence-electron chi connectivity index (χ4n) is 8.89. The molecule has 448 valence electrons. The van der Waals surface area contributed by atoms with Gasteiger partial charge in [0.05, 0.1) is 23.2 Å². The third-order valence-corrected chi connectivity index (χ3v) is 12.5. The van der Waals surface area contributed by atoms with Gasteiger partial charge in [0.25, 0.3) is 0 Å². The number of hydrogen-bond donors (Lipinski definition) is 1. The van der Waals surface area contributed by atoms with Crippen molar-refractivity contribution < 1.29 is 78.7 Å². The lowest BCUT2D eigenvalue weighted by atomic mass is 10.1. The number of carbonyl (C=O) groups is 4. The number of fused-ring (bicyclic) bond motifs is 2. The smallest absolute Gasteiger partial charge is 0.419 e. The molecule has 14 nitrogen and oxygen atoms in total. The van der Waals surface area contributed by atoms with Crippen molar-refractivity contribution in [1.82, 2.24) is 5.32 Å². The maximum atomic E-state index is 13.9. The molecule has 8 rings (SSSR count). The minimum absolute atomic E-state index is 0.00672. The second-order valence-electron chi connectivity index (χ2n) is 23.0. The number of amides is 3. The van der Waals surface area contributed by atoms with Gasteiger partial charge in [0.2, 0.25) is 5.91 Å². The molecule has 84 heavy (non-hydrogen) atoms. The number of nitrogens with zero attached hydrogens (tertiary/aromatic N) is 2. The zero-order valence-corrected chi connectivity index (χ0v) is 48.3. The van der Waals surface area contributed by atoms with Crippen LogP contribution in [0.4, 0.5) is 47.3 Å². The summed E-state index contributed by atoms with van der Waals surface area (Å²) in [5.41, 5.74) is 1.21. The average Bonchev–Trinajstić information content (AvgIpc) is 3.46. The number of anilines is 2. The summed E-state index contributed by atoms with van der Waals surface area (Å²) in [5, 5.41) is 2.52. The van der Waals surface area contributed by atoms with Crippen molar-refractivity contribution in [2.45, 2.75) is 143 Å². The van der Waals surface area contributed by atoms with E-state index in [4.69, 9.17) is 33.2 Å². The second-order valence-corrected chi connectivity index (χ2v) is 23.0. The molecule has 2 aliphatic heterocycles. The van der Waals surface area contributed by atoms with Crippen LogP contribution in [-0.4, -0.2) is 60.0 Å². The van der Waals surface area contributed by atoms with Crippen LogP contribution in [0.5, 0.6) is 23.0 Å². The summed E-state index contributed by atoms with van der Waals surface area (Å²) in [6.07, 6.45) is -9.78. The number of nitrogens with one attached hydrogen (secondary N) is 1. The number of esters is 1. The normalized spacial score (nSPS) is 13.6. The molecule has 6 aromatic carbocycles. The van der Waals surface area contributed by atoms with E-state index < -0.39 is 76.8 Å². The predicted octanol–water partition coefficient (Wildman–Crippen LogP) is 14.5. The Morgan fingerprint density at radius 1 is 0.476 bits per heavy atom. The van der Waals surface area contributed by atoms with E-state index >= 15 is 0 Å². The lowest BCUT2D eigenvalue weighted by Gasteiger charge is -2.27. The molecule has 0 unspecified atom stereocenters. The number of alkyl halides is 6. The van der Waals surface area contributed by atoms with E-state index in [-0.39, 0.29) is 44.5 Å². The number of carbonyl (C=O) groups excluding carboxylic acids is 4. The highest BCUT2D eigenvalue weighted by Crippen LogP contribution is 2.40. The zero-order chi connectivity index (χ0) is 61.2. The van der Waals surface area contributed by atoms with Gasteiger partial charge in [-0.15, -0.1) is 0 Å². The molecule has 0 aromatic heterocycles. The fourth-order valence-corrected chi connectivity index (χ4v) is 8.89. The Morgan fingerprint density at radius 3 is 1.32 bits per heavy atom. The molecule has 0 bridgehead atoms. The van der Waals surface area contributed by atoms with Crippen LogP contribution in [0.3, 0.4) is 0 Å². The van der Waals surface area contributed by atoms with Crippen molar-refractivity contribution >= 4 is 35.4 Å². The molecule has 0 fully saturated rings. The Morgan fingerprint density at radius 2 is 0.893 bits per heavy atom. The molecule has 1 atom stereocenters. The second kappa shape index (κ2) is 26.4. The molecule has 0 saturated heterocycles. The van der Waals surface area contributed by atoms with Gasteiger partial charge in [-0.2, -0.15) is 26.3 Å². The van der Waals surface area contributed by atoms with E-state index in [0.717, 1.165) is 40.1 Å². The van der Waals surface area contributed by atoms with Gasteiger partial charge in [0.15, 0.2) is 0 Å². The Bertz CT molecular complexity index is 3230. The lowest BCUT2D eigenvalue weighted by molar-refractivity contribution is -0.156. The minimum Gasteiger partial charge on any atom is -0.489 e. The van der Waals surface area contributed by atoms with Crippen LogP contribution in [0.1, 0.15) is 113 Å². The Hall–Kier alpha value is -8.42. The Kier molecular flexibility index (Phi) is 19.9. The summed E-state index contributed by atoms with van der Waals surface area (Å²) in [4.78, 5) is 54.4. The topological polar surface area (TPSA) is 151 Å². The van der Waals surface area contributed by atoms with E-state index in [2.05, 4.69) is 5.32 Å². The van der Waals surface area contributed by atoms with Crippen molar-refractivity contribution in [2.75, 3.05) is 22.9 Å². The molecule has 3 amide bonds. The number of rotatable bonds is 16. The number of hydrogen-bond acceptors (Lipinski definition) is 11. The quantitative estimate of drug-likeness (QED) is 0.0560. The molecular formula is C64H69F6N3O11. The van der Waals surface area contributed by atoms with Gasteiger partial charge in [-0.05, 0) is 169 Å². The van der Waals surface area contributed by atoms with Gasteiger partial charge in [0.1, 0.15) is 72.3 Å². The van der Waals surface area contributed by atoms with Gasteiger partial charge in [-0.25, -0.2) is 9.59 Å². The molecule has 1 N–H and O–H groups in total. The average molecular weight is 1170 g/mol. The minimum atomic E-state index is -4.63. The van der Waals surface area contributed by atoms with Gasteiger partial charge in [-0.1, -0.05) is 72.8 Å². The summed E-state index contributed by atoms with van der Waals surface area (Å²) >= 11 is 0. The Balaban J connectivity index is 0.000000251. The molecule has 20 heteroatoms. The molecule has 6 aromatic rings. The van der Waals surface area contributed by atoms with Crippen LogP contribution in [0, 0.1) is 0 Å². The van der Waals surface area contributed by atoms with Gasteiger partial charge in [-0.3, -0.25) is 14.5 Å². The highest BCUT2D eigenvalue weighted by Gasteiger charge is 2.38. The van der Waals surface area contributed by atoms with Crippen molar-refractivity contribution in [3.8, 4) is 23.0 Å². The first kappa shape index (κ1) is 63.2. The third kappa shape index (κ3) is 18.5. The standard InChI is InChI=1S/C36H41F3N2O7.C28H28F3NO4/c1-34(2,3)47-31(42)20-28(40-33(44)48-35(4,5)6)32(43)41-17-16-25-19-26(13-14-29(25)41)45-22-24-12-15-30(27(18-24)36(37,38)39)46-21-23-10-8-7-9-11-23;1-27(2,3)36-26(33)32-14-13-21-16-22(10-11-24(21)32)34-18-20-9-12-25(23(15-20)28(29,30)31)35-17-19-7-5-4-6-8-19/h7-15,18-19,28H,16-17,20-22H2,1-6H3,(H,40,44);4-12,15-16H,13-14,17-18H2,1-3H3/t28-;/m1./s1. The predicted molar refractivity (Wildman–Crippen MR) is 303 cm³/mol. The zero-order valence-electron chi connectivity index (χ0n) is 48.3. The molecule has 0 radical (unpaired) electrons. The number of benzene rings is 6. The first-order valence-electron chi connectivity index (χ1n) is 27.2. The van der Waals surface area contributed by atoms with Crippen LogP contribution in [0.25, 0.3) is 0 Å². The molecule has 2 heterocycles. The van der Waals surface area contributed by atoms with E-state index in [1.807, 2.05) is 39.0 Å². The van der Waals surface area contributed by atoms with E-state index in [1.165, 1.54) is 23.1 Å². The first-order valence-corrected chi connectivity index (χ1v) is 27.2. The maximum absolute atomic E-state index is 13.9. The van der Waals surface area contributed by atoms with Gasteiger partial charge < -0.3 is 43.4 Å². The summed E-state index contributed by atoms with van der Waals surface area (Å²) in [6.45, 7) is 16.2. The van der Waals surface area contributed by atoms with Gasteiger partial charge in [0, 0.05) is 18.8 Å². The van der Waals surface area contributed by atoms with Crippen molar-refractivity contribution in [3.05, 3.63) is 178 Å². The molecule has 0 saturated carbocycles. The van der Waals surface area contributed by atoms with Crippen LogP contribution >= 0.6 is 0 Å². The summed E-state index contributed by atoms with van der Waals surface area (Å²) < 4.78 is 122. The third-order valence-electron chi connectivity index (χ3n) is 12.5. The van der Waals surface area contributed by atoms with Crippen LogP contribution in [0.15, 0.2) is 133 Å². The van der Waals surface area contributed by atoms with E-state index in [0.29, 0.717) is 47.7 Å². The Labute approximate surface area is 484 Å². The molecule has 0 aliphatic carbocycles. The lowest BCUT2D eigenvalue weighted by Crippen LogP contribution is -2.50. The van der Waals surface area contributed by atoms with Crippen LogP contribution in [-0.2, 0) is 75.4 Å². The number of ether oxygens (including phenoxy) is 7. The van der Waals surface area contributed by atoms with Crippen molar-refractivity contribution in [3.63, 3.8) is 0 Å². The van der Waals surface area contributed by atoms with E-state index in [1.54, 1.807) is 131 Å². The van der Waals surface area contributed by atoms with Gasteiger partial charge >= 0.3 is 30.5 Å². The van der Waals surface area contributed by atoms with Crippen molar-refractivity contribution in [2.24, 2.45) is 0 Å². The first-order chi connectivity index (χ1) is 39.4. The summed E-state index contributed by atoms with van der Waals surface area (Å²) in [7, 11) is 0.